The van der Waals surface area contributed by atoms with Crippen LogP contribution in [0.3, 0.4) is 0 Å². The van der Waals surface area contributed by atoms with Crippen molar-refractivity contribution in [3.05, 3.63) is 43.6 Å². The first-order valence-corrected chi connectivity index (χ1v) is 5.24. The minimum Gasteiger partial charge on any atom is -0.321 e. The summed E-state index contributed by atoms with van der Waals surface area (Å²) in [6.07, 6.45) is 0. The first-order chi connectivity index (χ1) is 6.18. The molecule has 0 unspecified atom stereocenters. The van der Waals surface area contributed by atoms with Gasteiger partial charge in [0, 0.05) is 20.4 Å². The molecule has 1 aromatic heterocycles. The number of rotatable bonds is 0. The summed E-state index contributed by atoms with van der Waals surface area (Å²) in [7, 11) is 0. The summed E-state index contributed by atoms with van der Waals surface area (Å²) in [5, 5.41) is 0.994. The van der Waals surface area contributed by atoms with Gasteiger partial charge in [0.15, 0.2) is 0 Å². The Bertz CT molecular complexity index is 518. The molecule has 0 fully saturated rings. The number of halogens is 2. The van der Waals surface area contributed by atoms with Gasteiger partial charge < -0.3 is 4.98 Å². The highest BCUT2D eigenvalue weighted by atomic mass is 79.9. The molecule has 0 amide bonds. The Hall–Kier alpha value is -0.610. The smallest absolute Gasteiger partial charge is 0.248 e. The number of aromatic nitrogens is 1. The second-order valence-corrected chi connectivity index (χ2v) is 4.35. The molecule has 4 heteroatoms. The number of H-pyrrole nitrogens is 1. The molecule has 0 radical (unpaired) electrons. The average Bonchev–Trinajstić information content (AvgIpc) is 2.12. The number of hydrogen-bond acceptors (Lipinski definition) is 1. The minimum absolute atomic E-state index is 0.0914. The highest BCUT2D eigenvalue weighted by Gasteiger charge is 2.02. The molecule has 0 atom stereocenters. The van der Waals surface area contributed by atoms with E-state index in [0.29, 0.717) is 0 Å². The van der Waals surface area contributed by atoms with Crippen molar-refractivity contribution in [2.75, 3.05) is 0 Å². The van der Waals surface area contributed by atoms with E-state index in [4.69, 9.17) is 0 Å². The van der Waals surface area contributed by atoms with Crippen molar-refractivity contribution >= 4 is 42.8 Å². The van der Waals surface area contributed by atoms with Crippen molar-refractivity contribution in [3.63, 3.8) is 0 Å². The van der Waals surface area contributed by atoms with Gasteiger partial charge in [-0.3, -0.25) is 4.79 Å². The predicted molar refractivity (Wildman–Crippen MR) is 60.0 cm³/mol. The van der Waals surface area contributed by atoms with Gasteiger partial charge in [-0.25, -0.2) is 0 Å². The van der Waals surface area contributed by atoms with Crippen LogP contribution in [0.5, 0.6) is 0 Å². The zero-order valence-corrected chi connectivity index (χ0v) is 9.65. The maximum absolute atomic E-state index is 11.1. The second-order valence-electron chi connectivity index (χ2n) is 2.64. The molecule has 0 aliphatic rings. The normalized spacial score (nSPS) is 10.6. The van der Waals surface area contributed by atoms with Gasteiger partial charge in [-0.2, -0.15) is 0 Å². The summed E-state index contributed by atoms with van der Waals surface area (Å²) >= 11 is 6.79. The van der Waals surface area contributed by atoms with Crippen molar-refractivity contribution in [1.29, 1.82) is 0 Å². The third-order valence-corrected chi connectivity index (χ3v) is 3.14. The molecule has 1 heterocycles. The van der Waals surface area contributed by atoms with Gasteiger partial charge in [-0.1, -0.05) is 15.9 Å². The van der Waals surface area contributed by atoms with Crippen LogP contribution in [0.2, 0.25) is 0 Å². The van der Waals surface area contributed by atoms with Crippen molar-refractivity contribution in [2.24, 2.45) is 0 Å². The molecule has 2 rings (SSSR count). The maximum atomic E-state index is 11.1. The van der Waals surface area contributed by atoms with Crippen molar-refractivity contribution in [3.8, 4) is 0 Å². The molecule has 1 N–H and O–H groups in total. The van der Waals surface area contributed by atoms with E-state index < -0.39 is 0 Å². The second kappa shape index (κ2) is 3.27. The van der Waals surface area contributed by atoms with Crippen molar-refractivity contribution in [2.45, 2.75) is 0 Å². The maximum Gasteiger partial charge on any atom is 0.248 e. The fraction of sp³-hybridized carbons (Fsp3) is 0. The van der Waals surface area contributed by atoms with E-state index in [9.17, 15) is 4.79 Å². The number of hydrogen-bond donors (Lipinski definition) is 1. The molecule has 0 bridgehead atoms. The summed E-state index contributed by atoms with van der Waals surface area (Å²) in [6, 6.07) is 7.13. The van der Waals surface area contributed by atoms with Gasteiger partial charge in [-0.15, -0.1) is 0 Å². The minimum atomic E-state index is -0.0914. The Morgan fingerprint density at radius 1 is 1.00 bits per heavy atom. The molecule has 2 nitrogen and oxygen atoms in total. The van der Waals surface area contributed by atoms with E-state index in [2.05, 4.69) is 36.8 Å². The van der Waals surface area contributed by atoms with E-state index in [0.717, 1.165) is 19.8 Å². The van der Waals surface area contributed by atoms with Gasteiger partial charge in [0.2, 0.25) is 5.56 Å². The SMILES string of the molecule is O=c1ccc2c(Br)ccc(Br)c2[nH]1. The van der Waals surface area contributed by atoms with E-state index in [-0.39, 0.29) is 5.56 Å². The molecule has 1 aromatic carbocycles. The molecule has 0 spiro atoms. The van der Waals surface area contributed by atoms with Gasteiger partial charge in [0.1, 0.15) is 0 Å². The Labute approximate surface area is 91.2 Å². The number of fused-ring (bicyclic) bond motifs is 1. The monoisotopic (exact) mass is 301 g/mol. The quantitative estimate of drug-likeness (QED) is 0.797. The van der Waals surface area contributed by atoms with Crippen LogP contribution in [0.15, 0.2) is 38.0 Å². The topological polar surface area (TPSA) is 32.9 Å². The standard InChI is InChI=1S/C9H5Br2NO/c10-6-2-3-7(11)9-5(6)1-4-8(13)12-9/h1-4H,(H,12,13). The zero-order valence-electron chi connectivity index (χ0n) is 6.47. The Kier molecular flexibility index (Phi) is 2.26. The van der Waals surface area contributed by atoms with Crippen LogP contribution in [-0.2, 0) is 0 Å². The molecule has 2 aromatic rings. The number of aromatic amines is 1. The molecule has 0 saturated carbocycles. The Morgan fingerprint density at radius 3 is 2.46 bits per heavy atom. The lowest BCUT2D eigenvalue weighted by molar-refractivity contribution is 1.30. The van der Waals surface area contributed by atoms with E-state index in [1.54, 1.807) is 6.07 Å². The summed E-state index contributed by atoms with van der Waals surface area (Å²) in [5.41, 5.74) is 0.730. The van der Waals surface area contributed by atoms with Crippen LogP contribution < -0.4 is 5.56 Å². The Morgan fingerprint density at radius 2 is 1.69 bits per heavy atom. The zero-order chi connectivity index (χ0) is 9.42. The number of nitrogens with one attached hydrogen (secondary N) is 1. The first-order valence-electron chi connectivity index (χ1n) is 3.65. The molecular weight excluding hydrogens is 298 g/mol. The van der Waals surface area contributed by atoms with Crippen LogP contribution >= 0.6 is 31.9 Å². The summed E-state index contributed by atoms with van der Waals surface area (Å²) < 4.78 is 1.87. The lowest BCUT2D eigenvalue weighted by Gasteiger charge is -2.01. The van der Waals surface area contributed by atoms with E-state index >= 15 is 0 Å². The Balaban J connectivity index is 3.00. The van der Waals surface area contributed by atoms with Crippen molar-refractivity contribution in [1.82, 2.24) is 4.98 Å². The third-order valence-electron chi connectivity index (χ3n) is 1.79. The summed E-state index contributed by atoms with van der Waals surface area (Å²) in [5.74, 6) is 0. The van der Waals surface area contributed by atoms with Crippen LogP contribution in [0.1, 0.15) is 0 Å². The summed E-state index contributed by atoms with van der Waals surface area (Å²) in [6.45, 7) is 0. The van der Waals surface area contributed by atoms with E-state index in [1.165, 1.54) is 6.07 Å². The molecule has 0 aliphatic carbocycles. The van der Waals surface area contributed by atoms with Crippen LogP contribution in [0, 0.1) is 0 Å². The van der Waals surface area contributed by atoms with Crippen LogP contribution in [-0.4, -0.2) is 4.98 Å². The lowest BCUT2D eigenvalue weighted by Crippen LogP contribution is -2.02. The van der Waals surface area contributed by atoms with Crippen molar-refractivity contribution < 1.29 is 0 Å². The molecule has 13 heavy (non-hydrogen) atoms. The van der Waals surface area contributed by atoms with Crippen LogP contribution in [0.4, 0.5) is 0 Å². The average molecular weight is 303 g/mol. The summed E-state index contributed by atoms with van der Waals surface area (Å²) in [4.78, 5) is 13.8. The largest absolute Gasteiger partial charge is 0.321 e. The van der Waals surface area contributed by atoms with E-state index in [1.807, 2.05) is 12.1 Å². The third kappa shape index (κ3) is 1.56. The fourth-order valence-corrected chi connectivity index (χ4v) is 2.09. The van der Waals surface area contributed by atoms with Gasteiger partial charge >= 0.3 is 0 Å². The van der Waals surface area contributed by atoms with Gasteiger partial charge in [-0.05, 0) is 34.1 Å². The van der Waals surface area contributed by atoms with Gasteiger partial charge in [0.05, 0.1) is 5.52 Å². The number of pyridine rings is 1. The fourth-order valence-electron chi connectivity index (χ4n) is 1.18. The predicted octanol–water partition coefficient (Wildman–Crippen LogP) is 3.05. The number of benzene rings is 1. The highest BCUT2D eigenvalue weighted by molar-refractivity contribution is 9.11. The highest BCUT2D eigenvalue weighted by Crippen LogP contribution is 2.27. The molecule has 0 aliphatic heterocycles. The van der Waals surface area contributed by atoms with Crippen LogP contribution in [0.25, 0.3) is 10.9 Å². The lowest BCUT2D eigenvalue weighted by atomic mass is 10.2. The first kappa shape index (κ1) is 8.97. The molecular formula is C9H5Br2NO. The molecule has 0 saturated heterocycles. The van der Waals surface area contributed by atoms with Gasteiger partial charge in [0.25, 0.3) is 0 Å². The molecule has 66 valence electrons.